The monoisotopic (exact) mass is 211 g/mol. The molecule has 0 radical (unpaired) electrons. The lowest BCUT2D eigenvalue weighted by Gasteiger charge is -2.10. The van der Waals surface area contributed by atoms with Crippen molar-refractivity contribution in [3.05, 3.63) is 29.6 Å². The zero-order valence-electron chi connectivity index (χ0n) is 8.46. The Morgan fingerprint density at radius 1 is 1.60 bits per heavy atom. The van der Waals surface area contributed by atoms with Gasteiger partial charge in [0.15, 0.2) is 0 Å². The quantitative estimate of drug-likeness (QED) is 0.672. The van der Waals surface area contributed by atoms with Gasteiger partial charge in [0.1, 0.15) is 11.9 Å². The number of hydrogen-bond donors (Lipinski definition) is 3. The van der Waals surface area contributed by atoms with E-state index in [0.717, 1.165) is 0 Å². The van der Waals surface area contributed by atoms with Gasteiger partial charge in [0.05, 0.1) is 0 Å². The van der Waals surface area contributed by atoms with Crippen LogP contribution in [0.2, 0.25) is 0 Å². The van der Waals surface area contributed by atoms with E-state index in [1.165, 1.54) is 6.07 Å². The van der Waals surface area contributed by atoms with Crippen LogP contribution in [0.4, 0.5) is 10.1 Å². The fraction of sp³-hybridized carbons (Fsp3) is 0.300. The van der Waals surface area contributed by atoms with E-state index in [1.54, 1.807) is 19.1 Å². The molecule has 1 unspecified atom stereocenters. The summed E-state index contributed by atoms with van der Waals surface area (Å²) in [5.74, 6) is -0.832. The molecule has 0 aliphatic heterocycles. The predicted molar refractivity (Wildman–Crippen MR) is 56.8 cm³/mol. The number of aryl methyl sites for hydroxylation is 1. The van der Waals surface area contributed by atoms with Gasteiger partial charge in [-0.2, -0.15) is 0 Å². The molecule has 0 heterocycles. The van der Waals surface area contributed by atoms with E-state index in [0.29, 0.717) is 11.3 Å². The zero-order valence-corrected chi connectivity index (χ0v) is 8.46. The summed E-state index contributed by atoms with van der Waals surface area (Å²) in [5.41, 5.74) is 11.7. The number of carbonyl (C=O) groups is 1. The van der Waals surface area contributed by atoms with E-state index in [1.807, 2.05) is 0 Å². The van der Waals surface area contributed by atoms with Crippen LogP contribution in [0.1, 0.15) is 5.56 Å². The molecule has 0 fully saturated rings. The molecule has 4 nitrogen and oxygen atoms in total. The smallest absolute Gasteiger partial charge is 0.236 e. The number of rotatable bonds is 4. The van der Waals surface area contributed by atoms with E-state index < -0.39 is 11.9 Å². The van der Waals surface area contributed by atoms with Crippen molar-refractivity contribution in [3.63, 3.8) is 0 Å². The first-order chi connectivity index (χ1) is 7.00. The summed E-state index contributed by atoms with van der Waals surface area (Å²) in [6.07, 6.45) is 0. The lowest BCUT2D eigenvalue weighted by Crippen LogP contribution is -2.41. The molecular formula is C10H14FN3O. The van der Waals surface area contributed by atoms with Crippen LogP contribution in [0, 0.1) is 12.7 Å². The highest BCUT2D eigenvalue weighted by Gasteiger charge is 2.08. The third-order valence-electron chi connectivity index (χ3n) is 2.05. The Balaban J connectivity index is 2.58. The molecule has 0 aromatic heterocycles. The van der Waals surface area contributed by atoms with Gasteiger partial charge in [-0.05, 0) is 30.7 Å². The number of nitrogens with two attached hydrogens (primary N) is 2. The van der Waals surface area contributed by atoms with E-state index in [-0.39, 0.29) is 12.4 Å². The molecule has 0 aliphatic rings. The summed E-state index contributed by atoms with van der Waals surface area (Å²) >= 11 is 0. The second-order valence-electron chi connectivity index (χ2n) is 3.35. The second-order valence-corrected chi connectivity index (χ2v) is 3.35. The van der Waals surface area contributed by atoms with Crippen LogP contribution in [-0.4, -0.2) is 18.5 Å². The summed E-state index contributed by atoms with van der Waals surface area (Å²) in [6.45, 7) is 1.90. The molecule has 1 aromatic rings. The Morgan fingerprint density at radius 3 is 2.80 bits per heavy atom. The van der Waals surface area contributed by atoms with Gasteiger partial charge in [0.2, 0.25) is 5.91 Å². The summed E-state index contributed by atoms with van der Waals surface area (Å²) in [7, 11) is 0. The van der Waals surface area contributed by atoms with Gasteiger partial charge in [-0.25, -0.2) is 4.39 Å². The Bertz CT molecular complexity index is 368. The van der Waals surface area contributed by atoms with Crippen LogP contribution in [0.5, 0.6) is 0 Å². The maximum Gasteiger partial charge on any atom is 0.236 e. The highest BCUT2D eigenvalue weighted by Crippen LogP contribution is 2.13. The van der Waals surface area contributed by atoms with Gasteiger partial charge in [0, 0.05) is 12.2 Å². The summed E-state index contributed by atoms with van der Waals surface area (Å²) in [5, 5.41) is 2.90. The third-order valence-corrected chi connectivity index (χ3v) is 2.05. The zero-order chi connectivity index (χ0) is 11.4. The second kappa shape index (κ2) is 4.75. The topological polar surface area (TPSA) is 81.1 Å². The number of nitrogens with one attached hydrogen (secondary N) is 1. The standard InChI is InChI=1S/C10H14FN3O/c1-6-4-7(2-3-8(6)11)14-5-9(12)10(13)15/h2-4,9,14H,5,12H2,1H3,(H2,13,15). The molecule has 15 heavy (non-hydrogen) atoms. The van der Waals surface area contributed by atoms with Crippen molar-refractivity contribution in [1.82, 2.24) is 0 Å². The first kappa shape index (κ1) is 11.5. The molecule has 5 heteroatoms. The summed E-state index contributed by atoms with van der Waals surface area (Å²) in [6, 6.07) is 3.84. The Hall–Kier alpha value is -1.62. The first-order valence-electron chi connectivity index (χ1n) is 4.55. The fourth-order valence-corrected chi connectivity index (χ4v) is 1.08. The Kier molecular flexibility index (Phi) is 3.62. The maximum absolute atomic E-state index is 12.9. The molecular weight excluding hydrogens is 197 g/mol. The highest BCUT2D eigenvalue weighted by atomic mass is 19.1. The number of hydrogen-bond acceptors (Lipinski definition) is 3. The number of halogens is 1. The van der Waals surface area contributed by atoms with Crippen molar-refractivity contribution in [2.75, 3.05) is 11.9 Å². The molecule has 0 bridgehead atoms. The van der Waals surface area contributed by atoms with Crippen LogP contribution in [-0.2, 0) is 4.79 Å². The Morgan fingerprint density at radius 2 is 2.27 bits per heavy atom. The van der Waals surface area contributed by atoms with Crippen LogP contribution >= 0.6 is 0 Å². The minimum atomic E-state index is -0.740. The van der Waals surface area contributed by atoms with Crippen molar-refractivity contribution in [3.8, 4) is 0 Å². The maximum atomic E-state index is 12.9. The molecule has 1 rings (SSSR count). The normalized spacial score (nSPS) is 12.2. The van der Waals surface area contributed by atoms with Crippen molar-refractivity contribution >= 4 is 11.6 Å². The molecule has 0 spiro atoms. The summed E-state index contributed by atoms with van der Waals surface area (Å²) in [4.78, 5) is 10.6. The Labute approximate surface area is 87.4 Å². The van der Waals surface area contributed by atoms with Crippen LogP contribution < -0.4 is 16.8 Å². The first-order valence-corrected chi connectivity index (χ1v) is 4.55. The number of anilines is 1. The molecule has 1 amide bonds. The van der Waals surface area contributed by atoms with Crippen LogP contribution in [0.25, 0.3) is 0 Å². The summed E-state index contributed by atoms with van der Waals surface area (Å²) < 4.78 is 12.9. The lowest BCUT2D eigenvalue weighted by molar-refractivity contribution is -0.118. The SMILES string of the molecule is Cc1cc(NCC(N)C(N)=O)ccc1F. The molecule has 0 aliphatic carbocycles. The third kappa shape index (κ3) is 3.21. The average molecular weight is 211 g/mol. The molecule has 0 saturated heterocycles. The number of benzene rings is 1. The number of primary amides is 1. The van der Waals surface area contributed by atoms with Crippen molar-refractivity contribution in [2.45, 2.75) is 13.0 Å². The highest BCUT2D eigenvalue weighted by molar-refractivity contribution is 5.80. The van der Waals surface area contributed by atoms with Crippen molar-refractivity contribution < 1.29 is 9.18 Å². The van der Waals surface area contributed by atoms with Gasteiger partial charge in [-0.3, -0.25) is 4.79 Å². The van der Waals surface area contributed by atoms with Gasteiger partial charge in [0.25, 0.3) is 0 Å². The molecule has 1 aromatic carbocycles. The van der Waals surface area contributed by atoms with Crippen molar-refractivity contribution in [1.29, 1.82) is 0 Å². The van der Waals surface area contributed by atoms with E-state index >= 15 is 0 Å². The van der Waals surface area contributed by atoms with Gasteiger partial charge >= 0.3 is 0 Å². The van der Waals surface area contributed by atoms with E-state index in [9.17, 15) is 9.18 Å². The predicted octanol–water partition coefficient (Wildman–Crippen LogP) is 0.359. The van der Waals surface area contributed by atoms with Crippen molar-refractivity contribution in [2.24, 2.45) is 11.5 Å². The lowest BCUT2D eigenvalue weighted by atomic mass is 10.2. The molecule has 82 valence electrons. The minimum absolute atomic E-state index is 0.237. The largest absolute Gasteiger partial charge is 0.383 e. The number of carbonyl (C=O) groups excluding carboxylic acids is 1. The molecule has 1 atom stereocenters. The van der Waals surface area contributed by atoms with Gasteiger partial charge in [-0.1, -0.05) is 0 Å². The molecule has 5 N–H and O–H groups in total. The van der Waals surface area contributed by atoms with Gasteiger partial charge < -0.3 is 16.8 Å². The van der Waals surface area contributed by atoms with Crippen LogP contribution in [0.15, 0.2) is 18.2 Å². The minimum Gasteiger partial charge on any atom is -0.383 e. The fourth-order valence-electron chi connectivity index (χ4n) is 1.08. The average Bonchev–Trinajstić information content (AvgIpc) is 2.19. The van der Waals surface area contributed by atoms with Gasteiger partial charge in [-0.15, -0.1) is 0 Å². The van der Waals surface area contributed by atoms with Crippen LogP contribution in [0.3, 0.4) is 0 Å². The molecule has 0 saturated carbocycles. The number of amides is 1. The van der Waals surface area contributed by atoms with E-state index in [4.69, 9.17) is 11.5 Å². The van der Waals surface area contributed by atoms with E-state index in [2.05, 4.69) is 5.32 Å².